The van der Waals surface area contributed by atoms with E-state index in [1.54, 1.807) is 11.0 Å². The number of urea groups is 1. The molecule has 0 bridgehead atoms. The number of carbonyl (C=O) groups is 2. The van der Waals surface area contributed by atoms with Gasteiger partial charge in [-0.2, -0.15) is 0 Å². The molecule has 2 heterocycles. The van der Waals surface area contributed by atoms with Crippen molar-refractivity contribution in [2.75, 3.05) is 11.4 Å². The molecule has 0 atom stereocenters. The van der Waals surface area contributed by atoms with E-state index in [0.29, 0.717) is 31.0 Å². The second-order valence-corrected chi connectivity index (χ2v) is 7.69. The van der Waals surface area contributed by atoms with Crippen molar-refractivity contribution in [1.29, 1.82) is 0 Å². The van der Waals surface area contributed by atoms with Crippen LogP contribution in [0.1, 0.15) is 44.2 Å². The summed E-state index contributed by atoms with van der Waals surface area (Å²) in [6.45, 7) is 7.60. The number of hydrogen-bond donors (Lipinski definition) is 2. The van der Waals surface area contributed by atoms with Crippen molar-refractivity contribution < 1.29 is 18.8 Å². The van der Waals surface area contributed by atoms with Crippen LogP contribution >= 0.6 is 0 Å². The van der Waals surface area contributed by atoms with E-state index in [4.69, 9.17) is 9.26 Å². The van der Waals surface area contributed by atoms with E-state index in [1.807, 2.05) is 45.0 Å². The number of nitrogens with zero attached hydrogens (tertiary/aromatic N) is 2. The van der Waals surface area contributed by atoms with Crippen LogP contribution < -0.4 is 15.5 Å². The molecule has 1 aromatic heterocycles. The van der Waals surface area contributed by atoms with Gasteiger partial charge in [-0.3, -0.25) is 4.79 Å². The number of anilines is 1. The normalized spacial score (nSPS) is 14.0. The lowest BCUT2D eigenvalue weighted by Gasteiger charge is -2.30. The van der Waals surface area contributed by atoms with E-state index in [2.05, 4.69) is 15.8 Å². The average molecular weight is 386 g/mol. The summed E-state index contributed by atoms with van der Waals surface area (Å²) in [5.74, 6) is 0.743. The van der Waals surface area contributed by atoms with Gasteiger partial charge in [0.2, 0.25) is 5.91 Å². The van der Waals surface area contributed by atoms with Gasteiger partial charge in [0.1, 0.15) is 12.3 Å². The minimum absolute atomic E-state index is 0.128. The standard InChI is InChI=1S/C20H26N4O4/c1-20(2,3)27-13-17-10-15(23-28-17)12-22-19(26)21-11-14-5-4-6-16(9-14)24-8-7-18(24)25/h4-6,9-10H,7-8,11-13H2,1-3H3,(H2,21,22,26). The molecule has 2 N–H and O–H groups in total. The number of nitrogens with one attached hydrogen (secondary N) is 2. The van der Waals surface area contributed by atoms with E-state index in [9.17, 15) is 9.59 Å². The molecule has 3 rings (SSSR count). The summed E-state index contributed by atoms with van der Waals surface area (Å²) in [6.07, 6.45) is 0.594. The van der Waals surface area contributed by atoms with E-state index in [1.165, 1.54) is 0 Å². The molecule has 8 nitrogen and oxygen atoms in total. The Morgan fingerprint density at radius 1 is 1.25 bits per heavy atom. The molecule has 3 amide bonds. The molecule has 0 saturated carbocycles. The highest BCUT2D eigenvalue weighted by atomic mass is 16.5. The lowest BCUT2D eigenvalue weighted by atomic mass is 10.1. The Balaban J connectivity index is 1.42. The summed E-state index contributed by atoms with van der Waals surface area (Å²) >= 11 is 0. The highest BCUT2D eigenvalue weighted by Gasteiger charge is 2.25. The van der Waals surface area contributed by atoms with Crippen LogP contribution in [0.15, 0.2) is 34.9 Å². The summed E-state index contributed by atoms with van der Waals surface area (Å²) in [6, 6.07) is 9.06. The van der Waals surface area contributed by atoms with E-state index in [-0.39, 0.29) is 24.1 Å². The Hall–Kier alpha value is -2.87. The molecule has 1 aliphatic heterocycles. The third kappa shape index (κ3) is 5.56. The maximum absolute atomic E-state index is 12.0. The molecule has 0 radical (unpaired) electrons. The lowest BCUT2D eigenvalue weighted by Crippen LogP contribution is -2.43. The number of rotatable bonds is 7. The third-order valence-corrected chi connectivity index (χ3v) is 4.21. The first-order valence-electron chi connectivity index (χ1n) is 9.29. The van der Waals surface area contributed by atoms with Gasteiger partial charge in [-0.25, -0.2) is 4.79 Å². The molecule has 2 aromatic rings. The zero-order chi connectivity index (χ0) is 20.1. The summed E-state index contributed by atoms with van der Waals surface area (Å²) in [5, 5.41) is 9.47. The van der Waals surface area contributed by atoms with Gasteiger partial charge >= 0.3 is 6.03 Å². The zero-order valence-corrected chi connectivity index (χ0v) is 16.4. The monoisotopic (exact) mass is 386 g/mol. The predicted molar refractivity (Wildman–Crippen MR) is 104 cm³/mol. The van der Waals surface area contributed by atoms with Crippen molar-refractivity contribution in [2.45, 2.75) is 52.5 Å². The summed E-state index contributed by atoms with van der Waals surface area (Å²) in [7, 11) is 0. The van der Waals surface area contributed by atoms with Crippen molar-refractivity contribution in [2.24, 2.45) is 0 Å². The quantitative estimate of drug-likeness (QED) is 0.713. The van der Waals surface area contributed by atoms with Gasteiger partial charge in [0, 0.05) is 31.3 Å². The second kappa shape index (κ2) is 8.43. The molecule has 150 valence electrons. The van der Waals surface area contributed by atoms with Crippen LogP contribution in [0.5, 0.6) is 0 Å². The molecule has 1 aliphatic rings. The molecule has 0 aliphatic carbocycles. The molecule has 8 heteroatoms. The van der Waals surface area contributed by atoms with Crippen LogP contribution in [0.3, 0.4) is 0 Å². The molecular weight excluding hydrogens is 360 g/mol. The van der Waals surface area contributed by atoms with Crippen LogP contribution in [0, 0.1) is 0 Å². The lowest BCUT2D eigenvalue weighted by molar-refractivity contribution is -0.122. The number of benzene rings is 1. The Morgan fingerprint density at radius 2 is 2.04 bits per heavy atom. The maximum Gasteiger partial charge on any atom is 0.315 e. The predicted octanol–water partition coefficient (Wildman–Crippen LogP) is 2.73. The summed E-state index contributed by atoms with van der Waals surface area (Å²) < 4.78 is 10.8. The largest absolute Gasteiger partial charge is 0.368 e. The molecule has 0 spiro atoms. The molecule has 0 unspecified atom stereocenters. The highest BCUT2D eigenvalue weighted by Crippen LogP contribution is 2.22. The maximum atomic E-state index is 12.0. The van der Waals surface area contributed by atoms with Crippen LogP contribution in [-0.4, -0.2) is 29.2 Å². The molecule has 1 fully saturated rings. The highest BCUT2D eigenvalue weighted by molar-refractivity contribution is 5.99. The van der Waals surface area contributed by atoms with Crippen LogP contribution in [0.25, 0.3) is 0 Å². The number of amides is 3. The summed E-state index contributed by atoms with van der Waals surface area (Å²) in [5.41, 5.74) is 2.16. The van der Waals surface area contributed by atoms with Crippen LogP contribution in [0.2, 0.25) is 0 Å². The Kier molecular flexibility index (Phi) is 5.99. The molecule has 28 heavy (non-hydrogen) atoms. The second-order valence-electron chi connectivity index (χ2n) is 7.69. The van der Waals surface area contributed by atoms with Gasteiger partial charge < -0.3 is 24.8 Å². The molecule has 1 aromatic carbocycles. The Bertz CT molecular complexity index is 841. The fourth-order valence-electron chi connectivity index (χ4n) is 2.63. The first-order valence-corrected chi connectivity index (χ1v) is 9.29. The van der Waals surface area contributed by atoms with Crippen LogP contribution in [0.4, 0.5) is 10.5 Å². The van der Waals surface area contributed by atoms with Gasteiger partial charge in [-0.1, -0.05) is 17.3 Å². The average Bonchev–Trinajstić information content (AvgIpc) is 3.09. The Morgan fingerprint density at radius 3 is 2.71 bits per heavy atom. The van der Waals surface area contributed by atoms with Gasteiger partial charge in [-0.05, 0) is 38.5 Å². The van der Waals surface area contributed by atoms with E-state index >= 15 is 0 Å². The van der Waals surface area contributed by atoms with Gasteiger partial charge in [0.05, 0.1) is 12.1 Å². The minimum Gasteiger partial charge on any atom is -0.368 e. The Labute approximate surface area is 164 Å². The number of aromatic nitrogens is 1. The summed E-state index contributed by atoms with van der Waals surface area (Å²) in [4.78, 5) is 25.3. The first-order chi connectivity index (χ1) is 13.3. The smallest absolute Gasteiger partial charge is 0.315 e. The van der Waals surface area contributed by atoms with E-state index < -0.39 is 0 Å². The molecule has 1 saturated heterocycles. The number of ether oxygens (including phenoxy) is 1. The van der Waals surface area contributed by atoms with Crippen molar-refractivity contribution in [3.05, 3.63) is 47.3 Å². The fourth-order valence-corrected chi connectivity index (χ4v) is 2.63. The van der Waals surface area contributed by atoms with E-state index in [0.717, 1.165) is 17.8 Å². The van der Waals surface area contributed by atoms with Crippen molar-refractivity contribution in [1.82, 2.24) is 15.8 Å². The number of carbonyl (C=O) groups excluding carboxylic acids is 2. The van der Waals surface area contributed by atoms with Gasteiger partial charge in [-0.15, -0.1) is 0 Å². The fraction of sp³-hybridized carbons (Fsp3) is 0.450. The van der Waals surface area contributed by atoms with Crippen molar-refractivity contribution >= 4 is 17.6 Å². The van der Waals surface area contributed by atoms with Crippen molar-refractivity contribution in [3.8, 4) is 0 Å². The zero-order valence-electron chi connectivity index (χ0n) is 16.4. The number of hydrogen-bond acceptors (Lipinski definition) is 5. The number of β-lactam (4-membered cyclic amide) rings is 1. The third-order valence-electron chi connectivity index (χ3n) is 4.21. The SMILES string of the molecule is CC(C)(C)OCc1cc(CNC(=O)NCc2cccc(N3CCC3=O)c2)no1. The topological polar surface area (TPSA) is 96.7 Å². The van der Waals surface area contributed by atoms with Gasteiger partial charge in [0.25, 0.3) is 0 Å². The van der Waals surface area contributed by atoms with Gasteiger partial charge in [0.15, 0.2) is 5.76 Å². The minimum atomic E-state index is -0.305. The first kappa shape index (κ1) is 19.9. The van der Waals surface area contributed by atoms with Crippen molar-refractivity contribution in [3.63, 3.8) is 0 Å². The van der Waals surface area contributed by atoms with Crippen LogP contribution in [-0.2, 0) is 29.2 Å². The molecular formula is C20H26N4O4.